The quantitative estimate of drug-likeness (QED) is 0.293. The van der Waals surface area contributed by atoms with Crippen molar-refractivity contribution in [3.8, 4) is 0 Å². The Morgan fingerprint density at radius 1 is 0.875 bits per heavy atom. The Hall–Kier alpha value is -1.53. The molecular weight excluding hydrogens is 264 g/mol. The molecule has 0 bridgehead atoms. The van der Waals surface area contributed by atoms with E-state index in [2.05, 4.69) is 0 Å². The van der Waals surface area contributed by atoms with Gasteiger partial charge in [-0.05, 0) is 0 Å². The minimum atomic E-state index is -1.63. The maximum atomic E-state index is 9.48. The molecule has 0 aliphatic carbocycles. The SMILES string of the molecule is CC(=O)C(=O)[O-].CC(=O)C(=O)[O-].C[C-]=O.[Fe+3]. The molecule has 0 amide bonds. The third kappa shape index (κ3) is 39.2. The van der Waals surface area contributed by atoms with Crippen molar-refractivity contribution < 1.29 is 51.3 Å². The summed E-state index contributed by atoms with van der Waals surface area (Å²) in [5, 5.41) is 18.5. The van der Waals surface area contributed by atoms with Crippen LogP contribution in [-0.4, -0.2) is 29.8 Å². The Balaban J connectivity index is -0.0000000692. The number of hydrogen-bond donors (Lipinski definition) is 0. The summed E-state index contributed by atoms with van der Waals surface area (Å²) in [4.78, 5) is 46.1. The minimum absolute atomic E-state index is 0. The normalized spacial score (nSPS) is 6.44. The van der Waals surface area contributed by atoms with Crippen LogP contribution in [-0.2, 0) is 41.0 Å². The molecule has 0 N–H and O–H groups in total. The molecule has 0 aromatic rings. The van der Waals surface area contributed by atoms with E-state index in [9.17, 15) is 29.4 Å². The minimum Gasteiger partial charge on any atom is -0.542 e. The predicted octanol–water partition coefficient (Wildman–Crippen LogP) is -3.24. The fourth-order valence-electron chi connectivity index (χ4n) is 0. The molecule has 0 unspecified atom stereocenters. The zero-order valence-corrected chi connectivity index (χ0v) is 9.82. The standard InChI is InChI=1S/2C3H4O3.C2H3O.Fe/c2*1-2(4)3(5)6;1-2-3;/h2*1H3,(H,5,6);1H3;/q;;-1;+3/p-2. The molecule has 0 rings (SSSR count). The molecule has 0 saturated carbocycles. The van der Waals surface area contributed by atoms with Crippen molar-refractivity contribution >= 4 is 29.8 Å². The molecule has 0 aromatic heterocycles. The summed E-state index contributed by atoms with van der Waals surface area (Å²) in [5.41, 5.74) is 0. The van der Waals surface area contributed by atoms with Crippen molar-refractivity contribution in [2.45, 2.75) is 20.8 Å². The largest absolute Gasteiger partial charge is 3.00 e. The van der Waals surface area contributed by atoms with Crippen molar-refractivity contribution in [1.29, 1.82) is 0 Å². The van der Waals surface area contributed by atoms with Crippen LogP contribution < -0.4 is 10.2 Å². The zero-order chi connectivity index (χ0) is 13.0. The van der Waals surface area contributed by atoms with Gasteiger partial charge in [0.1, 0.15) is 11.9 Å². The summed E-state index contributed by atoms with van der Waals surface area (Å²) in [6.07, 6.45) is 1.50. The summed E-state index contributed by atoms with van der Waals surface area (Å²) >= 11 is 0. The first-order valence-corrected chi connectivity index (χ1v) is 3.43. The van der Waals surface area contributed by atoms with E-state index in [1.807, 2.05) is 0 Å². The second-order valence-electron chi connectivity index (χ2n) is 1.89. The maximum Gasteiger partial charge on any atom is 3.00 e. The molecule has 91 valence electrons. The molecule has 7 nitrogen and oxygen atoms in total. The van der Waals surface area contributed by atoms with Gasteiger partial charge in [-0.3, -0.25) is 15.9 Å². The Labute approximate surface area is 102 Å². The first-order chi connectivity index (χ1) is 6.70. The predicted molar refractivity (Wildman–Crippen MR) is 42.7 cm³/mol. The first-order valence-electron chi connectivity index (χ1n) is 3.43. The van der Waals surface area contributed by atoms with E-state index >= 15 is 0 Å². The smallest absolute Gasteiger partial charge is 0.542 e. The van der Waals surface area contributed by atoms with Gasteiger partial charge in [0, 0.05) is 13.8 Å². The van der Waals surface area contributed by atoms with E-state index < -0.39 is 23.5 Å². The van der Waals surface area contributed by atoms with Gasteiger partial charge in [-0.1, -0.05) is 0 Å². The van der Waals surface area contributed by atoms with Crippen LogP contribution in [0.25, 0.3) is 0 Å². The van der Waals surface area contributed by atoms with Crippen molar-refractivity contribution in [1.82, 2.24) is 0 Å². The van der Waals surface area contributed by atoms with Crippen molar-refractivity contribution in [2.24, 2.45) is 0 Å². The third-order valence-corrected chi connectivity index (χ3v) is 0.575. The Bertz CT molecular complexity index is 211. The van der Waals surface area contributed by atoms with E-state index in [0.29, 0.717) is 0 Å². The molecule has 0 atom stereocenters. The number of carboxylic acid groups (broad SMARTS) is 2. The van der Waals surface area contributed by atoms with Crippen LogP contribution in [0.5, 0.6) is 0 Å². The topological polar surface area (TPSA) is 131 Å². The van der Waals surface area contributed by atoms with Gasteiger partial charge in [0.05, 0.1) is 0 Å². The summed E-state index contributed by atoms with van der Waals surface area (Å²) < 4.78 is 0. The van der Waals surface area contributed by atoms with E-state index in [1.54, 1.807) is 0 Å². The van der Waals surface area contributed by atoms with E-state index in [0.717, 1.165) is 13.8 Å². The second-order valence-corrected chi connectivity index (χ2v) is 1.89. The molecule has 0 saturated heterocycles. The molecule has 0 heterocycles. The van der Waals surface area contributed by atoms with Gasteiger partial charge in [-0.15, -0.1) is 0 Å². The molecule has 0 spiro atoms. The number of hydrogen-bond acceptors (Lipinski definition) is 7. The number of rotatable bonds is 2. The molecule has 0 aliphatic heterocycles. The Morgan fingerprint density at radius 3 is 0.938 bits per heavy atom. The number of ketones is 2. The van der Waals surface area contributed by atoms with Crippen LogP contribution >= 0.6 is 0 Å². The van der Waals surface area contributed by atoms with Crippen molar-refractivity contribution in [3.05, 3.63) is 0 Å². The first kappa shape index (κ1) is 23.9. The molecular formula is C8H9FeO7. The average molecular weight is 273 g/mol. The molecule has 1 radical (unpaired) electrons. The maximum absolute atomic E-state index is 9.48. The van der Waals surface area contributed by atoms with E-state index in [-0.39, 0.29) is 17.1 Å². The van der Waals surface area contributed by atoms with Crippen LogP contribution in [0.3, 0.4) is 0 Å². The Kier molecular flexibility index (Phi) is 23.8. The van der Waals surface area contributed by atoms with Crippen molar-refractivity contribution in [3.63, 3.8) is 0 Å². The fourth-order valence-corrected chi connectivity index (χ4v) is 0. The number of aliphatic carboxylic acids is 2. The van der Waals surface area contributed by atoms with Gasteiger partial charge in [-0.25, -0.2) is 0 Å². The van der Waals surface area contributed by atoms with Gasteiger partial charge < -0.3 is 24.6 Å². The van der Waals surface area contributed by atoms with E-state index in [1.165, 1.54) is 13.2 Å². The fraction of sp³-hybridized carbons (Fsp3) is 0.375. The summed E-state index contributed by atoms with van der Waals surface area (Å²) in [7, 11) is 0. The van der Waals surface area contributed by atoms with Crippen LogP contribution in [0.2, 0.25) is 0 Å². The van der Waals surface area contributed by atoms with Gasteiger partial charge in [0.25, 0.3) is 0 Å². The van der Waals surface area contributed by atoms with Crippen molar-refractivity contribution in [2.75, 3.05) is 0 Å². The number of Topliss-reactive ketones (excluding diaryl/α,β-unsaturated/α-hetero) is 2. The average Bonchev–Trinajstić information content (AvgIpc) is 2.06. The Morgan fingerprint density at radius 2 is 0.938 bits per heavy atom. The molecule has 16 heavy (non-hydrogen) atoms. The van der Waals surface area contributed by atoms with Crippen LogP contribution in [0.15, 0.2) is 0 Å². The summed E-state index contributed by atoms with van der Waals surface area (Å²) in [6.45, 7) is 3.20. The van der Waals surface area contributed by atoms with Gasteiger partial charge in [-0.2, -0.15) is 6.92 Å². The molecule has 0 fully saturated rings. The zero-order valence-electron chi connectivity index (χ0n) is 8.71. The number of carboxylic acids is 2. The molecule has 8 heteroatoms. The second kappa shape index (κ2) is 15.9. The monoisotopic (exact) mass is 273 g/mol. The van der Waals surface area contributed by atoms with Crippen LogP contribution in [0.1, 0.15) is 20.8 Å². The van der Waals surface area contributed by atoms with Gasteiger partial charge in [0.2, 0.25) is 0 Å². The summed E-state index contributed by atoms with van der Waals surface area (Å²) in [6, 6.07) is 0. The molecule has 0 aliphatic rings. The van der Waals surface area contributed by atoms with Crippen LogP contribution in [0, 0.1) is 0 Å². The summed E-state index contributed by atoms with van der Waals surface area (Å²) in [5.74, 6) is -5.13. The number of carbonyl (C=O) groups is 4. The van der Waals surface area contributed by atoms with E-state index in [4.69, 9.17) is 4.79 Å². The third-order valence-electron chi connectivity index (χ3n) is 0.575. The van der Waals surface area contributed by atoms with Crippen LogP contribution in [0.4, 0.5) is 0 Å². The number of carbonyl (C=O) groups excluding carboxylic acids is 5. The van der Waals surface area contributed by atoms with Gasteiger partial charge in [0.15, 0.2) is 11.6 Å². The van der Waals surface area contributed by atoms with Gasteiger partial charge >= 0.3 is 17.1 Å². The molecule has 0 aromatic carbocycles.